The first-order chi connectivity index (χ1) is 10.7. The Kier molecular flexibility index (Phi) is 5.41. The summed E-state index contributed by atoms with van der Waals surface area (Å²) in [4.78, 5) is 2.31. The lowest BCUT2D eigenvalue weighted by Gasteiger charge is -2.39. The Balaban J connectivity index is 2.03. The third-order valence-corrected chi connectivity index (χ3v) is 3.68. The smallest absolute Gasteiger partial charge is 0.422 e. The molecule has 4 nitrogen and oxygen atoms in total. The number of methoxy groups -OCH3 is 1. The molecule has 1 N–H and O–H groups in total. The van der Waals surface area contributed by atoms with E-state index in [9.17, 15) is 13.2 Å². The molecule has 1 aromatic rings. The number of nitrogens with zero attached hydrogens (tertiary/aromatic N) is 1. The van der Waals surface area contributed by atoms with E-state index in [1.807, 2.05) is 0 Å². The van der Waals surface area contributed by atoms with Gasteiger partial charge in [0.05, 0.1) is 7.11 Å². The van der Waals surface area contributed by atoms with Crippen molar-refractivity contribution < 1.29 is 22.6 Å². The SMILES string of the molecule is COc1cc(CN2CCNC(C)(C)C2)ccc1OCC(F)(F)F. The molecule has 0 amide bonds. The predicted octanol–water partition coefficient (Wildman–Crippen LogP) is 2.82. The summed E-state index contributed by atoms with van der Waals surface area (Å²) in [5, 5.41) is 3.44. The molecule has 2 rings (SSSR count). The maximum atomic E-state index is 12.3. The average Bonchev–Trinajstić information content (AvgIpc) is 2.43. The van der Waals surface area contributed by atoms with Gasteiger partial charge in [-0.05, 0) is 31.5 Å². The van der Waals surface area contributed by atoms with Gasteiger partial charge in [-0.15, -0.1) is 0 Å². The maximum Gasteiger partial charge on any atom is 0.422 e. The van der Waals surface area contributed by atoms with E-state index in [1.165, 1.54) is 13.2 Å². The summed E-state index contributed by atoms with van der Waals surface area (Å²) in [6.07, 6.45) is -4.37. The van der Waals surface area contributed by atoms with Crippen molar-refractivity contribution in [2.45, 2.75) is 32.1 Å². The van der Waals surface area contributed by atoms with Crippen LogP contribution in [0.4, 0.5) is 13.2 Å². The summed E-state index contributed by atoms with van der Waals surface area (Å²) >= 11 is 0. The van der Waals surface area contributed by atoms with Crippen LogP contribution in [0, 0.1) is 0 Å². The summed E-state index contributed by atoms with van der Waals surface area (Å²) in [5.41, 5.74) is 1.04. The molecule has 0 atom stereocenters. The molecule has 1 aliphatic heterocycles. The minimum atomic E-state index is -4.37. The number of nitrogens with one attached hydrogen (secondary N) is 1. The van der Waals surface area contributed by atoms with Crippen LogP contribution < -0.4 is 14.8 Å². The second kappa shape index (κ2) is 6.97. The van der Waals surface area contributed by atoms with E-state index in [0.29, 0.717) is 5.75 Å². The Bertz CT molecular complexity index is 533. The Morgan fingerprint density at radius 1 is 1.26 bits per heavy atom. The lowest BCUT2D eigenvalue weighted by molar-refractivity contribution is -0.153. The third kappa shape index (κ3) is 5.58. The van der Waals surface area contributed by atoms with Crippen molar-refractivity contribution in [3.8, 4) is 11.5 Å². The van der Waals surface area contributed by atoms with Gasteiger partial charge >= 0.3 is 6.18 Å². The van der Waals surface area contributed by atoms with Crippen LogP contribution in [-0.4, -0.2) is 50.0 Å². The molecule has 0 bridgehead atoms. The van der Waals surface area contributed by atoms with E-state index >= 15 is 0 Å². The Labute approximate surface area is 134 Å². The van der Waals surface area contributed by atoms with Crippen LogP contribution in [0.5, 0.6) is 11.5 Å². The van der Waals surface area contributed by atoms with Crippen LogP contribution in [0.2, 0.25) is 0 Å². The Morgan fingerprint density at radius 3 is 2.61 bits per heavy atom. The van der Waals surface area contributed by atoms with Crippen LogP contribution in [0.25, 0.3) is 0 Å². The van der Waals surface area contributed by atoms with Gasteiger partial charge in [0.15, 0.2) is 18.1 Å². The molecular formula is C16H23F3N2O2. The van der Waals surface area contributed by atoms with Gasteiger partial charge in [-0.25, -0.2) is 0 Å². The molecule has 7 heteroatoms. The number of hydrogen-bond acceptors (Lipinski definition) is 4. The summed E-state index contributed by atoms with van der Waals surface area (Å²) in [6.45, 7) is 6.44. The zero-order chi connectivity index (χ0) is 17.1. The molecule has 0 spiro atoms. The second-order valence-corrected chi connectivity index (χ2v) is 6.41. The van der Waals surface area contributed by atoms with Crippen molar-refractivity contribution in [3.63, 3.8) is 0 Å². The lowest BCUT2D eigenvalue weighted by atomic mass is 10.0. The van der Waals surface area contributed by atoms with Gasteiger partial charge in [0.1, 0.15) is 0 Å². The molecule has 1 heterocycles. The topological polar surface area (TPSA) is 33.7 Å². The second-order valence-electron chi connectivity index (χ2n) is 6.41. The van der Waals surface area contributed by atoms with Crippen molar-refractivity contribution in [2.24, 2.45) is 0 Å². The highest BCUT2D eigenvalue weighted by Gasteiger charge is 2.29. The number of halogens is 3. The lowest BCUT2D eigenvalue weighted by Crippen LogP contribution is -2.56. The van der Waals surface area contributed by atoms with Crippen LogP contribution in [0.1, 0.15) is 19.4 Å². The summed E-state index contributed by atoms with van der Waals surface area (Å²) in [5.74, 6) is 0.426. The highest BCUT2D eigenvalue weighted by molar-refractivity contribution is 5.43. The van der Waals surface area contributed by atoms with Crippen LogP contribution >= 0.6 is 0 Å². The molecule has 0 aromatic heterocycles. The molecule has 1 saturated heterocycles. The fourth-order valence-corrected chi connectivity index (χ4v) is 2.73. The third-order valence-electron chi connectivity index (χ3n) is 3.68. The first kappa shape index (κ1) is 17.9. The first-order valence-electron chi connectivity index (χ1n) is 7.52. The van der Waals surface area contributed by atoms with E-state index in [2.05, 4.69) is 24.1 Å². The molecule has 1 fully saturated rings. The van der Waals surface area contributed by atoms with Gasteiger partial charge in [0.25, 0.3) is 0 Å². The number of rotatable bonds is 5. The molecule has 0 radical (unpaired) electrons. The number of hydrogen-bond donors (Lipinski definition) is 1. The van der Waals surface area contributed by atoms with E-state index in [1.54, 1.807) is 12.1 Å². The zero-order valence-corrected chi connectivity index (χ0v) is 13.7. The Morgan fingerprint density at radius 2 is 2.00 bits per heavy atom. The monoisotopic (exact) mass is 332 g/mol. The zero-order valence-electron chi connectivity index (χ0n) is 13.7. The molecule has 0 unspecified atom stereocenters. The number of ether oxygens (including phenoxy) is 2. The van der Waals surface area contributed by atoms with Crippen molar-refractivity contribution >= 4 is 0 Å². The number of piperazine rings is 1. The average molecular weight is 332 g/mol. The Hall–Kier alpha value is -1.47. The normalized spacial score (nSPS) is 18.7. The van der Waals surface area contributed by atoms with Crippen LogP contribution in [0.3, 0.4) is 0 Å². The van der Waals surface area contributed by atoms with Gasteiger partial charge in [-0.3, -0.25) is 4.90 Å². The molecular weight excluding hydrogens is 309 g/mol. The van der Waals surface area contributed by atoms with Gasteiger partial charge in [0, 0.05) is 31.7 Å². The fourth-order valence-electron chi connectivity index (χ4n) is 2.73. The molecule has 0 saturated carbocycles. The quantitative estimate of drug-likeness (QED) is 0.899. The molecule has 1 aromatic carbocycles. The van der Waals surface area contributed by atoms with E-state index in [4.69, 9.17) is 9.47 Å². The van der Waals surface area contributed by atoms with Gasteiger partial charge in [-0.1, -0.05) is 6.07 Å². The fraction of sp³-hybridized carbons (Fsp3) is 0.625. The van der Waals surface area contributed by atoms with E-state index in [-0.39, 0.29) is 11.3 Å². The largest absolute Gasteiger partial charge is 0.493 e. The summed E-state index contributed by atoms with van der Waals surface area (Å²) in [7, 11) is 1.42. The number of alkyl halides is 3. The minimum absolute atomic E-state index is 0.0537. The molecule has 23 heavy (non-hydrogen) atoms. The van der Waals surface area contributed by atoms with Gasteiger partial charge in [0.2, 0.25) is 0 Å². The molecule has 0 aliphatic carbocycles. The van der Waals surface area contributed by atoms with Crippen molar-refractivity contribution in [1.82, 2.24) is 10.2 Å². The minimum Gasteiger partial charge on any atom is -0.493 e. The van der Waals surface area contributed by atoms with E-state index in [0.717, 1.165) is 31.7 Å². The van der Waals surface area contributed by atoms with Gasteiger partial charge < -0.3 is 14.8 Å². The van der Waals surface area contributed by atoms with Gasteiger partial charge in [-0.2, -0.15) is 13.2 Å². The van der Waals surface area contributed by atoms with Crippen LogP contribution in [0.15, 0.2) is 18.2 Å². The van der Waals surface area contributed by atoms with Crippen molar-refractivity contribution in [1.29, 1.82) is 0 Å². The number of benzene rings is 1. The van der Waals surface area contributed by atoms with Crippen molar-refractivity contribution in [3.05, 3.63) is 23.8 Å². The summed E-state index contributed by atoms with van der Waals surface area (Å²) in [6, 6.07) is 5.05. The van der Waals surface area contributed by atoms with Crippen LogP contribution in [-0.2, 0) is 6.54 Å². The summed E-state index contributed by atoms with van der Waals surface area (Å²) < 4.78 is 46.7. The van der Waals surface area contributed by atoms with E-state index < -0.39 is 12.8 Å². The highest BCUT2D eigenvalue weighted by Crippen LogP contribution is 2.30. The van der Waals surface area contributed by atoms with Crippen molar-refractivity contribution in [2.75, 3.05) is 33.4 Å². The highest BCUT2D eigenvalue weighted by atomic mass is 19.4. The predicted molar refractivity (Wildman–Crippen MR) is 81.9 cm³/mol. The molecule has 130 valence electrons. The maximum absolute atomic E-state index is 12.3. The first-order valence-corrected chi connectivity index (χ1v) is 7.52. The molecule has 1 aliphatic rings. The standard InChI is InChI=1S/C16H23F3N2O2/c1-15(2)10-21(7-6-20-15)9-12-4-5-13(14(8-12)22-3)23-11-16(17,18)19/h4-5,8,20H,6-7,9-11H2,1-3H3.